The van der Waals surface area contributed by atoms with Gasteiger partial charge in [0.05, 0.1) is 11.3 Å². The van der Waals surface area contributed by atoms with Crippen LogP contribution in [0.25, 0.3) is 0 Å². The van der Waals surface area contributed by atoms with Crippen molar-refractivity contribution in [3.05, 3.63) is 54.1 Å². The summed E-state index contributed by atoms with van der Waals surface area (Å²) in [5, 5.41) is 6.80. The van der Waals surface area contributed by atoms with E-state index in [4.69, 9.17) is 0 Å². The number of para-hydroxylation sites is 1. The second-order valence-corrected chi connectivity index (χ2v) is 7.25. The van der Waals surface area contributed by atoms with E-state index >= 15 is 0 Å². The lowest BCUT2D eigenvalue weighted by molar-refractivity contribution is -0.0498. The highest BCUT2D eigenvalue weighted by Gasteiger charge is 2.32. The van der Waals surface area contributed by atoms with Crippen molar-refractivity contribution in [2.45, 2.75) is 38.0 Å². The normalized spacial score (nSPS) is 20.7. The predicted octanol–water partition coefficient (Wildman–Crippen LogP) is 4.42. The maximum absolute atomic E-state index is 13.2. The number of benzene rings is 2. The Bertz CT molecular complexity index is 835. The highest BCUT2D eigenvalue weighted by Crippen LogP contribution is 2.26. The fourth-order valence-corrected chi connectivity index (χ4v) is 3.95. The first-order valence-corrected chi connectivity index (χ1v) is 9.55. The van der Waals surface area contributed by atoms with Gasteiger partial charge in [0.15, 0.2) is 0 Å². The molecule has 0 saturated carbocycles. The SMILES string of the molecule is Cl.O=C(c1ccccc1Nc1ccc(OC(F)F)cc1)N1CCC2CCC(C1)N2. The number of amides is 1. The van der Waals surface area contributed by atoms with E-state index in [0.717, 1.165) is 25.9 Å². The number of ether oxygens (including phenoxy) is 1. The number of likely N-dealkylation sites (tertiary alicyclic amines) is 1. The van der Waals surface area contributed by atoms with Crippen LogP contribution in [-0.2, 0) is 0 Å². The average Bonchev–Trinajstić information content (AvgIpc) is 3.01. The second kappa shape index (κ2) is 9.41. The molecular weight excluding hydrogens is 400 g/mol. The minimum atomic E-state index is -2.85. The first kappa shape index (κ1) is 21.3. The Morgan fingerprint density at radius 1 is 1.07 bits per heavy atom. The fraction of sp³-hybridized carbons (Fsp3) is 0.381. The van der Waals surface area contributed by atoms with Gasteiger partial charge in [-0.2, -0.15) is 8.78 Å². The molecule has 2 bridgehead atoms. The molecule has 8 heteroatoms. The van der Waals surface area contributed by atoms with E-state index in [-0.39, 0.29) is 24.1 Å². The zero-order valence-corrected chi connectivity index (χ0v) is 16.6. The molecule has 0 spiro atoms. The van der Waals surface area contributed by atoms with E-state index in [2.05, 4.69) is 15.4 Å². The summed E-state index contributed by atoms with van der Waals surface area (Å²) in [5.41, 5.74) is 1.99. The molecule has 2 aliphatic heterocycles. The topological polar surface area (TPSA) is 53.6 Å². The van der Waals surface area contributed by atoms with Crippen LogP contribution in [0.4, 0.5) is 20.2 Å². The van der Waals surface area contributed by atoms with Crippen LogP contribution >= 0.6 is 12.4 Å². The number of fused-ring (bicyclic) bond motifs is 2. The molecule has 0 aromatic heterocycles. The quantitative estimate of drug-likeness (QED) is 0.747. The maximum Gasteiger partial charge on any atom is 0.387 e. The molecule has 156 valence electrons. The number of carbonyl (C=O) groups excluding carboxylic acids is 1. The van der Waals surface area contributed by atoms with Gasteiger partial charge in [-0.3, -0.25) is 4.79 Å². The molecule has 5 nitrogen and oxygen atoms in total. The number of nitrogens with zero attached hydrogens (tertiary/aromatic N) is 1. The molecule has 2 heterocycles. The van der Waals surface area contributed by atoms with Gasteiger partial charge in [0, 0.05) is 30.9 Å². The minimum Gasteiger partial charge on any atom is -0.435 e. The molecule has 2 atom stereocenters. The minimum absolute atomic E-state index is 0. The zero-order chi connectivity index (χ0) is 19.5. The van der Waals surface area contributed by atoms with Crippen molar-refractivity contribution >= 4 is 29.7 Å². The van der Waals surface area contributed by atoms with E-state index in [1.54, 1.807) is 12.1 Å². The molecular formula is C21H24ClF2N3O2. The van der Waals surface area contributed by atoms with Crippen molar-refractivity contribution in [3.63, 3.8) is 0 Å². The van der Waals surface area contributed by atoms with Crippen LogP contribution in [0.3, 0.4) is 0 Å². The number of rotatable bonds is 5. The van der Waals surface area contributed by atoms with Gasteiger partial charge in [0.2, 0.25) is 0 Å². The molecule has 2 aliphatic rings. The van der Waals surface area contributed by atoms with Gasteiger partial charge < -0.3 is 20.3 Å². The van der Waals surface area contributed by atoms with E-state index in [1.165, 1.54) is 18.6 Å². The standard InChI is InChI=1S/C21H23F2N3O2.ClH/c22-21(23)28-17-9-7-14(8-10-17)25-19-4-2-1-3-18(19)20(27)26-12-11-15-5-6-16(13-26)24-15;/h1-4,7-10,15-16,21,24-25H,5-6,11-13H2;1H. The van der Waals surface area contributed by atoms with Gasteiger partial charge in [0.25, 0.3) is 5.91 Å². The fourth-order valence-electron chi connectivity index (χ4n) is 3.95. The van der Waals surface area contributed by atoms with Crippen molar-refractivity contribution in [1.82, 2.24) is 10.2 Å². The predicted molar refractivity (Wildman–Crippen MR) is 111 cm³/mol. The van der Waals surface area contributed by atoms with Crippen LogP contribution in [0.2, 0.25) is 0 Å². The Kier molecular flexibility index (Phi) is 6.92. The largest absolute Gasteiger partial charge is 0.435 e. The lowest BCUT2D eigenvalue weighted by Gasteiger charge is -2.25. The average molecular weight is 424 g/mol. The van der Waals surface area contributed by atoms with E-state index in [9.17, 15) is 13.6 Å². The Labute approximate surface area is 174 Å². The number of anilines is 2. The molecule has 2 N–H and O–H groups in total. The molecule has 2 aromatic rings. The van der Waals surface area contributed by atoms with Crippen LogP contribution in [-0.4, -0.2) is 42.6 Å². The van der Waals surface area contributed by atoms with Gasteiger partial charge >= 0.3 is 6.61 Å². The molecule has 2 saturated heterocycles. The van der Waals surface area contributed by atoms with E-state index in [1.807, 2.05) is 29.2 Å². The number of carbonyl (C=O) groups is 1. The van der Waals surface area contributed by atoms with Crippen LogP contribution in [0.5, 0.6) is 5.75 Å². The number of alkyl halides is 2. The Hall–Kier alpha value is -2.38. The third-order valence-corrected chi connectivity index (χ3v) is 5.33. The Balaban J connectivity index is 0.00000240. The monoisotopic (exact) mass is 423 g/mol. The molecule has 0 aliphatic carbocycles. The van der Waals surface area contributed by atoms with Gasteiger partial charge in [-0.1, -0.05) is 12.1 Å². The molecule has 2 fully saturated rings. The van der Waals surface area contributed by atoms with Gasteiger partial charge in [-0.05, 0) is 55.7 Å². The Morgan fingerprint density at radius 2 is 1.79 bits per heavy atom. The number of nitrogens with one attached hydrogen (secondary N) is 2. The van der Waals surface area contributed by atoms with Gasteiger partial charge in [-0.15, -0.1) is 12.4 Å². The summed E-state index contributed by atoms with van der Waals surface area (Å²) in [4.78, 5) is 15.1. The molecule has 4 rings (SSSR count). The molecule has 2 aromatic carbocycles. The lowest BCUT2D eigenvalue weighted by Crippen LogP contribution is -2.39. The highest BCUT2D eigenvalue weighted by atomic mass is 35.5. The Morgan fingerprint density at radius 3 is 2.55 bits per heavy atom. The molecule has 2 unspecified atom stereocenters. The first-order valence-electron chi connectivity index (χ1n) is 9.55. The highest BCUT2D eigenvalue weighted by molar-refractivity contribution is 6.00. The van der Waals surface area contributed by atoms with E-state index < -0.39 is 6.61 Å². The van der Waals surface area contributed by atoms with Crippen molar-refractivity contribution in [1.29, 1.82) is 0 Å². The van der Waals surface area contributed by atoms with Crippen LogP contribution in [0.15, 0.2) is 48.5 Å². The third kappa shape index (κ3) is 5.16. The maximum atomic E-state index is 13.2. The lowest BCUT2D eigenvalue weighted by atomic mass is 10.1. The number of hydrogen-bond acceptors (Lipinski definition) is 4. The van der Waals surface area contributed by atoms with Crippen molar-refractivity contribution in [3.8, 4) is 5.75 Å². The number of hydrogen-bond donors (Lipinski definition) is 2. The van der Waals surface area contributed by atoms with Crippen LogP contribution < -0.4 is 15.4 Å². The number of halogens is 3. The first-order chi connectivity index (χ1) is 13.6. The molecule has 1 amide bonds. The second-order valence-electron chi connectivity index (χ2n) is 7.25. The summed E-state index contributed by atoms with van der Waals surface area (Å²) in [6.07, 6.45) is 3.28. The summed E-state index contributed by atoms with van der Waals surface area (Å²) in [5.74, 6) is 0.104. The van der Waals surface area contributed by atoms with Crippen molar-refractivity contribution in [2.75, 3.05) is 18.4 Å². The van der Waals surface area contributed by atoms with E-state index in [0.29, 0.717) is 29.0 Å². The summed E-state index contributed by atoms with van der Waals surface area (Å²) in [7, 11) is 0. The summed E-state index contributed by atoms with van der Waals surface area (Å²) in [6, 6.07) is 14.5. The van der Waals surface area contributed by atoms with Gasteiger partial charge in [-0.25, -0.2) is 0 Å². The summed E-state index contributed by atoms with van der Waals surface area (Å²) in [6.45, 7) is -1.37. The van der Waals surface area contributed by atoms with Gasteiger partial charge in [0.1, 0.15) is 5.75 Å². The van der Waals surface area contributed by atoms with Crippen molar-refractivity contribution < 1.29 is 18.3 Å². The summed E-state index contributed by atoms with van der Waals surface area (Å²) < 4.78 is 28.9. The van der Waals surface area contributed by atoms with Crippen LogP contribution in [0, 0.1) is 0 Å². The van der Waals surface area contributed by atoms with Crippen LogP contribution in [0.1, 0.15) is 29.6 Å². The van der Waals surface area contributed by atoms with Crippen molar-refractivity contribution in [2.24, 2.45) is 0 Å². The smallest absolute Gasteiger partial charge is 0.387 e. The molecule has 29 heavy (non-hydrogen) atoms. The zero-order valence-electron chi connectivity index (χ0n) is 15.8. The third-order valence-electron chi connectivity index (χ3n) is 5.33. The molecule has 0 radical (unpaired) electrons. The summed E-state index contributed by atoms with van der Waals surface area (Å²) >= 11 is 0.